The molecule has 1 unspecified atom stereocenters. The molecule has 23 heavy (non-hydrogen) atoms. The van der Waals surface area contributed by atoms with Crippen LogP contribution in [-0.2, 0) is 5.41 Å². The SMILES string of the molecule is NC(c1cccs1)C1(c2ccc(-c3ccccc3)cc2)CCC1. The van der Waals surface area contributed by atoms with Crippen LogP contribution in [0.4, 0.5) is 0 Å². The lowest BCUT2D eigenvalue weighted by molar-refractivity contribution is 0.198. The van der Waals surface area contributed by atoms with Crippen LogP contribution in [-0.4, -0.2) is 0 Å². The quantitative estimate of drug-likeness (QED) is 0.671. The van der Waals surface area contributed by atoms with Crippen molar-refractivity contribution in [1.29, 1.82) is 0 Å². The Hall–Kier alpha value is -1.90. The minimum atomic E-state index is 0.110. The number of benzene rings is 2. The van der Waals surface area contributed by atoms with Gasteiger partial charge in [0.25, 0.3) is 0 Å². The summed E-state index contributed by atoms with van der Waals surface area (Å²) in [6.07, 6.45) is 3.66. The summed E-state index contributed by atoms with van der Waals surface area (Å²) >= 11 is 1.78. The summed E-state index contributed by atoms with van der Waals surface area (Å²) in [5, 5.41) is 2.13. The van der Waals surface area contributed by atoms with Gasteiger partial charge in [-0.1, -0.05) is 67.1 Å². The van der Waals surface area contributed by atoms with Gasteiger partial charge in [-0.2, -0.15) is 0 Å². The second-order valence-electron chi connectivity index (χ2n) is 6.45. The van der Waals surface area contributed by atoms with Gasteiger partial charge in [-0.25, -0.2) is 0 Å². The Morgan fingerprint density at radius 2 is 1.52 bits per heavy atom. The largest absolute Gasteiger partial charge is 0.323 e. The van der Waals surface area contributed by atoms with Crippen LogP contribution >= 0.6 is 11.3 Å². The Balaban J connectivity index is 1.66. The van der Waals surface area contributed by atoms with E-state index in [9.17, 15) is 0 Å². The zero-order valence-electron chi connectivity index (χ0n) is 13.1. The van der Waals surface area contributed by atoms with Crippen LogP contribution in [0.25, 0.3) is 11.1 Å². The van der Waals surface area contributed by atoms with Crippen molar-refractivity contribution < 1.29 is 0 Å². The standard InChI is InChI=1S/C21H21NS/c22-20(19-8-4-15-23-19)21(13-5-14-21)18-11-9-17(10-12-18)16-6-2-1-3-7-16/h1-4,6-12,15,20H,5,13-14,22H2. The number of hydrogen-bond donors (Lipinski definition) is 1. The summed E-state index contributed by atoms with van der Waals surface area (Å²) in [7, 11) is 0. The maximum Gasteiger partial charge on any atom is 0.0487 e. The fourth-order valence-corrected chi connectivity index (χ4v) is 4.55. The van der Waals surface area contributed by atoms with Crippen molar-refractivity contribution in [2.24, 2.45) is 5.73 Å². The van der Waals surface area contributed by atoms with Crippen molar-refractivity contribution in [3.63, 3.8) is 0 Å². The number of rotatable bonds is 4. The third kappa shape index (κ3) is 2.52. The fourth-order valence-electron chi connectivity index (χ4n) is 3.70. The average molecular weight is 319 g/mol. The molecule has 1 saturated carbocycles. The van der Waals surface area contributed by atoms with E-state index in [1.165, 1.54) is 40.8 Å². The second kappa shape index (κ2) is 5.95. The van der Waals surface area contributed by atoms with Crippen LogP contribution in [0.5, 0.6) is 0 Å². The molecular formula is C21H21NS. The predicted octanol–water partition coefficient (Wildman–Crippen LogP) is 5.54. The zero-order valence-corrected chi connectivity index (χ0v) is 13.9. The minimum absolute atomic E-state index is 0.110. The molecule has 3 aromatic rings. The maximum atomic E-state index is 6.67. The summed E-state index contributed by atoms with van der Waals surface area (Å²) in [6.45, 7) is 0. The molecule has 0 saturated heterocycles. The van der Waals surface area contributed by atoms with Crippen LogP contribution in [0.15, 0.2) is 72.1 Å². The second-order valence-corrected chi connectivity index (χ2v) is 7.43. The Morgan fingerprint density at radius 3 is 2.09 bits per heavy atom. The number of thiophene rings is 1. The summed E-state index contributed by atoms with van der Waals surface area (Å²) < 4.78 is 0. The van der Waals surface area contributed by atoms with E-state index < -0.39 is 0 Å². The van der Waals surface area contributed by atoms with E-state index in [1.54, 1.807) is 11.3 Å². The molecular weight excluding hydrogens is 298 g/mol. The first-order valence-corrected chi connectivity index (χ1v) is 9.12. The van der Waals surface area contributed by atoms with E-state index in [-0.39, 0.29) is 11.5 Å². The molecule has 1 aliphatic rings. The molecule has 1 aromatic heterocycles. The van der Waals surface area contributed by atoms with Crippen LogP contribution in [0.3, 0.4) is 0 Å². The Bertz CT molecular complexity index is 755. The fraction of sp³-hybridized carbons (Fsp3) is 0.238. The van der Waals surface area contributed by atoms with Gasteiger partial charge in [-0.15, -0.1) is 11.3 Å². The van der Waals surface area contributed by atoms with Crippen molar-refractivity contribution in [2.75, 3.05) is 0 Å². The first kappa shape index (κ1) is 14.7. The van der Waals surface area contributed by atoms with E-state index in [0.29, 0.717) is 0 Å². The summed E-state index contributed by atoms with van der Waals surface area (Å²) in [5.41, 5.74) is 10.7. The van der Waals surface area contributed by atoms with Gasteiger partial charge in [0.05, 0.1) is 0 Å². The number of hydrogen-bond acceptors (Lipinski definition) is 2. The molecule has 1 fully saturated rings. The van der Waals surface area contributed by atoms with Crippen LogP contribution in [0.2, 0.25) is 0 Å². The minimum Gasteiger partial charge on any atom is -0.323 e. The van der Waals surface area contributed by atoms with E-state index >= 15 is 0 Å². The van der Waals surface area contributed by atoms with Gasteiger partial charge in [0.1, 0.15) is 0 Å². The monoisotopic (exact) mass is 319 g/mol. The average Bonchev–Trinajstić information content (AvgIpc) is 3.10. The molecule has 0 bridgehead atoms. The van der Waals surface area contributed by atoms with E-state index in [2.05, 4.69) is 72.1 Å². The van der Waals surface area contributed by atoms with Crippen molar-refractivity contribution >= 4 is 11.3 Å². The molecule has 1 nitrogen and oxygen atoms in total. The van der Waals surface area contributed by atoms with Crippen LogP contribution in [0.1, 0.15) is 35.7 Å². The summed E-state index contributed by atoms with van der Waals surface area (Å²) in [4.78, 5) is 1.30. The molecule has 0 amide bonds. The highest BCUT2D eigenvalue weighted by Gasteiger charge is 2.44. The molecule has 4 rings (SSSR count). The molecule has 0 radical (unpaired) electrons. The Morgan fingerprint density at radius 1 is 0.826 bits per heavy atom. The third-order valence-corrected chi connectivity index (χ3v) is 6.21. The predicted molar refractivity (Wildman–Crippen MR) is 98.7 cm³/mol. The van der Waals surface area contributed by atoms with Gasteiger partial charge in [-0.05, 0) is 41.0 Å². The highest BCUT2D eigenvalue weighted by Crippen LogP contribution is 2.51. The zero-order chi connectivity index (χ0) is 15.7. The Labute approximate surface area is 141 Å². The van der Waals surface area contributed by atoms with Crippen molar-refractivity contribution in [2.45, 2.75) is 30.7 Å². The molecule has 0 aliphatic heterocycles. The van der Waals surface area contributed by atoms with Gasteiger partial charge in [0, 0.05) is 16.3 Å². The molecule has 2 heteroatoms. The lowest BCUT2D eigenvalue weighted by atomic mass is 9.60. The lowest BCUT2D eigenvalue weighted by Gasteiger charge is -2.46. The van der Waals surface area contributed by atoms with Gasteiger partial charge in [-0.3, -0.25) is 0 Å². The van der Waals surface area contributed by atoms with E-state index in [4.69, 9.17) is 5.73 Å². The summed E-state index contributed by atoms with van der Waals surface area (Å²) in [5.74, 6) is 0. The molecule has 2 aromatic carbocycles. The van der Waals surface area contributed by atoms with E-state index in [0.717, 1.165) is 0 Å². The van der Waals surface area contributed by atoms with Crippen molar-refractivity contribution in [1.82, 2.24) is 0 Å². The Kier molecular flexibility index (Phi) is 3.80. The molecule has 1 atom stereocenters. The topological polar surface area (TPSA) is 26.0 Å². The van der Waals surface area contributed by atoms with E-state index in [1.807, 2.05) is 0 Å². The first-order chi connectivity index (χ1) is 11.3. The van der Waals surface area contributed by atoms with Crippen LogP contribution < -0.4 is 5.73 Å². The van der Waals surface area contributed by atoms with Crippen molar-refractivity contribution in [3.8, 4) is 11.1 Å². The lowest BCUT2D eigenvalue weighted by Crippen LogP contribution is -2.44. The molecule has 116 valence electrons. The highest BCUT2D eigenvalue weighted by molar-refractivity contribution is 7.10. The highest BCUT2D eigenvalue weighted by atomic mass is 32.1. The molecule has 2 N–H and O–H groups in total. The van der Waals surface area contributed by atoms with Crippen LogP contribution in [0, 0.1) is 0 Å². The maximum absolute atomic E-state index is 6.67. The molecule has 1 heterocycles. The third-order valence-electron chi connectivity index (χ3n) is 5.26. The molecule has 0 spiro atoms. The van der Waals surface area contributed by atoms with Gasteiger partial charge >= 0.3 is 0 Å². The number of nitrogens with two attached hydrogens (primary N) is 1. The smallest absolute Gasteiger partial charge is 0.0487 e. The normalized spacial score (nSPS) is 17.4. The molecule has 1 aliphatic carbocycles. The van der Waals surface area contributed by atoms with Gasteiger partial charge in [0.15, 0.2) is 0 Å². The first-order valence-electron chi connectivity index (χ1n) is 8.25. The summed E-state index contributed by atoms with van der Waals surface area (Å²) in [6, 6.07) is 24.0. The van der Waals surface area contributed by atoms with Gasteiger partial charge in [0.2, 0.25) is 0 Å². The van der Waals surface area contributed by atoms with Crippen molar-refractivity contribution in [3.05, 3.63) is 82.6 Å². The van der Waals surface area contributed by atoms with Gasteiger partial charge < -0.3 is 5.73 Å².